The number of hydrogen-bond donors (Lipinski definition) is 2. The maximum Gasteiger partial charge on any atom is 0.414 e. The first-order valence-corrected chi connectivity index (χ1v) is 8.48. The molecule has 0 atom stereocenters. The summed E-state index contributed by atoms with van der Waals surface area (Å²) < 4.78 is 81.7. The molecule has 0 saturated heterocycles. The van der Waals surface area contributed by atoms with Crippen LogP contribution < -0.4 is 0 Å². The standard InChI is InChI=1S/C19H24F6N2O2/c1-4-6-8-13(3)17(20)15(28)9-10-27(16(26)12-29-18(21)22)11-14(7-5-2)19(23,24)25/h5-6,8-9,11,18,26,28H,2,4,7,10,12H2,1,3H3/b8-6-,14-11+,15-9-,17-13+,26-16?. The Balaban J connectivity index is 5.79. The molecule has 0 saturated carbocycles. The van der Waals surface area contributed by atoms with Crippen molar-refractivity contribution in [3.05, 3.63) is 59.8 Å². The van der Waals surface area contributed by atoms with E-state index in [9.17, 15) is 31.4 Å². The highest BCUT2D eigenvalue weighted by Crippen LogP contribution is 2.29. The average molecular weight is 426 g/mol. The molecule has 0 bridgehead atoms. The van der Waals surface area contributed by atoms with Crippen molar-refractivity contribution in [2.45, 2.75) is 39.5 Å². The van der Waals surface area contributed by atoms with E-state index in [0.717, 1.165) is 12.2 Å². The molecule has 10 heteroatoms. The largest absolute Gasteiger partial charge is 0.505 e. The van der Waals surface area contributed by atoms with Crippen LogP contribution in [-0.4, -0.2) is 41.8 Å². The van der Waals surface area contributed by atoms with Crippen LogP contribution >= 0.6 is 0 Å². The van der Waals surface area contributed by atoms with Crippen molar-refractivity contribution in [3.8, 4) is 0 Å². The Morgan fingerprint density at radius 2 is 1.93 bits per heavy atom. The summed E-state index contributed by atoms with van der Waals surface area (Å²) in [6.07, 6.45) is 0.625. The zero-order valence-electron chi connectivity index (χ0n) is 16.1. The lowest BCUT2D eigenvalue weighted by molar-refractivity contribution is -0.117. The molecule has 0 spiro atoms. The predicted octanol–water partition coefficient (Wildman–Crippen LogP) is 6.18. The van der Waals surface area contributed by atoms with Crippen LogP contribution in [0, 0.1) is 5.41 Å². The lowest BCUT2D eigenvalue weighted by Crippen LogP contribution is -2.31. The molecule has 4 nitrogen and oxygen atoms in total. The molecule has 0 fully saturated rings. The summed E-state index contributed by atoms with van der Waals surface area (Å²) in [7, 11) is 0. The molecule has 29 heavy (non-hydrogen) atoms. The lowest BCUT2D eigenvalue weighted by atomic mass is 10.2. The third-order valence-corrected chi connectivity index (χ3v) is 3.39. The number of allylic oxidation sites excluding steroid dienone is 6. The quantitative estimate of drug-likeness (QED) is 0.104. The number of aliphatic hydroxyl groups is 1. The molecule has 0 amide bonds. The number of amidine groups is 1. The van der Waals surface area contributed by atoms with E-state index < -0.39 is 55.4 Å². The molecule has 0 aliphatic heterocycles. The summed E-state index contributed by atoms with van der Waals surface area (Å²) in [4.78, 5) is 0.620. The molecule has 0 rings (SSSR count). The Bertz CT molecular complexity index is 679. The van der Waals surface area contributed by atoms with Crippen molar-refractivity contribution in [2.75, 3.05) is 13.2 Å². The van der Waals surface area contributed by atoms with Crippen LogP contribution in [0.1, 0.15) is 26.7 Å². The second-order valence-corrected chi connectivity index (χ2v) is 5.71. The van der Waals surface area contributed by atoms with Gasteiger partial charge in [-0.15, -0.1) is 6.58 Å². The minimum absolute atomic E-state index is 0.0847. The normalized spacial score (nSPS) is 14.4. The highest BCUT2D eigenvalue weighted by molar-refractivity contribution is 5.81. The second kappa shape index (κ2) is 12.9. The van der Waals surface area contributed by atoms with Crippen LogP contribution in [0.5, 0.6) is 0 Å². The maximum atomic E-state index is 14.1. The van der Waals surface area contributed by atoms with Gasteiger partial charge in [-0.25, -0.2) is 4.39 Å². The molecule has 2 N–H and O–H groups in total. The van der Waals surface area contributed by atoms with Gasteiger partial charge in [0.25, 0.3) is 0 Å². The Labute approximate surface area is 165 Å². The van der Waals surface area contributed by atoms with Gasteiger partial charge in [0.1, 0.15) is 18.2 Å². The molecule has 0 aliphatic carbocycles. The van der Waals surface area contributed by atoms with Crippen LogP contribution in [0.15, 0.2) is 59.8 Å². The van der Waals surface area contributed by atoms with Crippen molar-refractivity contribution in [3.63, 3.8) is 0 Å². The molecule has 0 aromatic carbocycles. The van der Waals surface area contributed by atoms with E-state index in [1.54, 1.807) is 6.08 Å². The Kier molecular flexibility index (Phi) is 11.8. The van der Waals surface area contributed by atoms with Gasteiger partial charge in [-0.2, -0.15) is 22.0 Å². The van der Waals surface area contributed by atoms with E-state index in [2.05, 4.69) is 11.3 Å². The summed E-state index contributed by atoms with van der Waals surface area (Å²) in [6, 6.07) is 0. The number of rotatable bonds is 11. The van der Waals surface area contributed by atoms with Crippen LogP contribution in [0.4, 0.5) is 26.3 Å². The Morgan fingerprint density at radius 1 is 1.31 bits per heavy atom. The number of halogens is 6. The number of ether oxygens (including phenoxy) is 1. The molecule has 0 aliphatic rings. The zero-order chi connectivity index (χ0) is 22.6. The monoisotopic (exact) mass is 426 g/mol. The maximum absolute atomic E-state index is 14.1. The van der Waals surface area contributed by atoms with Crippen molar-refractivity contribution in [1.82, 2.24) is 4.90 Å². The summed E-state index contributed by atoms with van der Waals surface area (Å²) in [6.45, 7) is 1.61. The summed E-state index contributed by atoms with van der Waals surface area (Å²) in [5.74, 6) is -2.61. The van der Waals surface area contributed by atoms with E-state index in [1.807, 2.05) is 6.92 Å². The van der Waals surface area contributed by atoms with Crippen molar-refractivity contribution >= 4 is 5.84 Å². The molecule has 0 unspecified atom stereocenters. The highest BCUT2D eigenvalue weighted by Gasteiger charge is 2.33. The average Bonchev–Trinajstić information content (AvgIpc) is 2.64. The van der Waals surface area contributed by atoms with Gasteiger partial charge >= 0.3 is 12.8 Å². The van der Waals surface area contributed by atoms with Crippen LogP contribution in [-0.2, 0) is 4.74 Å². The third kappa shape index (κ3) is 10.6. The smallest absolute Gasteiger partial charge is 0.414 e. The first-order chi connectivity index (χ1) is 13.4. The SMILES string of the molecule is C=CC/C(=C\N(C/C=C(O)/C(F)=C(C)\C=C/CC)C(=N)COC(F)F)C(F)(F)F. The summed E-state index contributed by atoms with van der Waals surface area (Å²) in [5.41, 5.74) is -1.03. The van der Waals surface area contributed by atoms with E-state index in [0.29, 0.717) is 17.5 Å². The number of hydrogen-bond acceptors (Lipinski definition) is 3. The fourth-order valence-corrected chi connectivity index (χ4v) is 1.90. The predicted molar refractivity (Wildman–Crippen MR) is 99.3 cm³/mol. The Morgan fingerprint density at radius 3 is 2.41 bits per heavy atom. The van der Waals surface area contributed by atoms with Gasteiger partial charge in [0.2, 0.25) is 0 Å². The van der Waals surface area contributed by atoms with E-state index in [1.165, 1.54) is 13.0 Å². The molecule has 0 aromatic rings. The fourth-order valence-electron chi connectivity index (χ4n) is 1.90. The topological polar surface area (TPSA) is 56.5 Å². The second-order valence-electron chi connectivity index (χ2n) is 5.71. The van der Waals surface area contributed by atoms with Gasteiger partial charge in [0, 0.05) is 12.7 Å². The number of nitrogens with one attached hydrogen (secondary N) is 1. The van der Waals surface area contributed by atoms with E-state index in [4.69, 9.17) is 5.41 Å². The Hall–Kier alpha value is -2.49. The minimum atomic E-state index is -4.77. The van der Waals surface area contributed by atoms with Crippen LogP contribution in [0.2, 0.25) is 0 Å². The number of alkyl halides is 5. The first-order valence-electron chi connectivity index (χ1n) is 8.48. The van der Waals surface area contributed by atoms with E-state index >= 15 is 0 Å². The third-order valence-electron chi connectivity index (χ3n) is 3.39. The van der Waals surface area contributed by atoms with Gasteiger partial charge in [-0.1, -0.05) is 25.2 Å². The molecular weight excluding hydrogens is 402 g/mol. The molecule has 164 valence electrons. The first kappa shape index (κ1) is 26.5. The number of aliphatic hydroxyl groups excluding tert-OH is 1. The van der Waals surface area contributed by atoms with E-state index in [-0.39, 0.29) is 5.57 Å². The van der Waals surface area contributed by atoms with Gasteiger partial charge in [-0.05, 0) is 31.4 Å². The van der Waals surface area contributed by atoms with Crippen molar-refractivity contribution in [1.29, 1.82) is 5.41 Å². The van der Waals surface area contributed by atoms with Crippen LogP contribution in [0.3, 0.4) is 0 Å². The molecule has 0 radical (unpaired) electrons. The number of nitrogens with zero attached hydrogens (tertiary/aromatic N) is 1. The van der Waals surface area contributed by atoms with Gasteiger partial charge in [-0.3, -0.25) is 5.41 Å². The fraction of sp³-hybridized carbons (Fsp3) is 0.421. The lowest BCUT2D eigenvalue weighted by Gasteiger charge is -2.22. The van der Waals surface area contributed by atoms with Crippen molar-refractivity contribution in [2.24, 2.45) is 0 Å². The molecular formula is C19H24F6N2O2. The summed E-state index contributed by atoms with van der Waals surface area (Å²) >= 11 is 0. The zero-order valence-corrected chi connectivity index (χ0v) is 16.1. The minimum Gasteiger partial charge on any atom is -0.505 e. The van der Waals surface area contributed by atoms with Crippen LogP contribution in [0.25, 0.3) is 0 Å². The van der Waals surface area contributed by atoms with Crippen molar-refractivity contribution < 1.29 is 36.2 Å². The van der Waals surface area contributed by atoms with Gasteiger partial charge in [0.05, 0.1) is 5.57 Å². The summed E-state index contributed by atoms with van der Waals surface area (Å²) in [5, 5.41) is 17.5. The molecule has 0 heterocycles. The van der Waals surface area contributed by atoms with Gasteiger partial charge < -0.3 is 14.7 Å². The molecule has 0 aromatic heterocycles. The highest BCUT2D eigenvalue weighted by atomic mass is 19.4. The van der Waals surface area contributed by atoms with Gasteiger partial charge in [0.15, 0.2) is 5.83 Å².